The Morgan fingerprint density at radius 2 is 1.52 bits per heavy atom. The van der Waals surface area contributed by atoms with Crippen molar-refractivity contribution >= 4 is 11.8 Å². The number of benzene rings is 1. The van der Waals surface area contributed by atoms with Crippen molar-refractivity contribution in [2.24, 2.45) is 4.99 Å². The molecule has 0 radical (unpaired) electrons. The van der Waals surface area contributed by atoms with Gasteiger partial charge in [0.2, 0.25) is 6.08 Å². The monoisotopic (exact) mass is 293 g/mol. The van der Waals surface area contributed by atoms with Crippen molar-refractivity contribution in [3.05, 3.63) is 18.2 Å². The molecule has 0 spiro atoms. The molecule has 1 aromatic rings. The largest absolute Gasteiger partial charge is 0.492 e. The number of carbonyl (C=O) groups excluding carboxylic acids is 1. The first-order valence-corrected chi connectivity index (χ1v) is 7.20. The van der Waals surface area contributed by atoms with E-state index in [1.165, 1.54) is 6.08 Å². The molecule has 0 aliphatic carbocycles. The number of nitrogens with zero attached hydrogens (tertiary/aromatic N) is 1. The Balaban J connectivity index is 2.63. The fourth-order valence-electron chi connectivity index (χ4n) is 1.68. The summed E-state index contributed by atoms with van der Waals surface area (Å²) in [5, 5.41) is 6.34. The lowest BCUT2D eigenvalue weighted by molar-refractivity contribution is 0.300. The maximum absolute atomic E-state index is 10.4. The molecule has 0 aliphatic heterocycles. The molecule has 1 aromatic carbocycles. The first-order valence-electron chi connectivity index (χ1n) is 7.20. The summed E-state index contributed by atoms with van der Waals surface area (Å²) < 4.78 is 11.2. The number of hydrogen-bond donors (Lipinski definition) is 2. The molecular weight excluding hydrogens is 270 g/mol. The Kier molecular flexibility index (Phi) is 8.88. The van der Waals surface area contributed by atoms with Gasteiger partial charge in [-0.25, -0.2) is 4.79 Å². The Labute approximate surface area is 125 Å². The van der Waals surface area contributed by atoms with Crippen molar-refractivity contribution in [2.45, 2.75) is 13.8 Å². The zero-order valence-corrected chi connectivity index (χ0v) is 12.6. The Hall–Kier alpha value is -1.88. The fourth-order valence-corrected chi connectivity index (χ4v) is 1.68. The van der Waals surface area contributed by atoms with Gasteiger partial charge in [-0.2, -0.15) is 4.99 Å². The molecule has 21 heavy (non-hydrogen) atoms. The maximum Gasteiger partial charge on any atom is 0.240 e. The van der Waals surface area contributed by atoms with Gasteiger partial charge < -0.3 is 20.1 Å². The highest BCUT2D eigenvalue weighted by atomic mass is 16.5. The van der Waals surface area contributed by atoms with Crippen molar-refractivity contribution in [1.82, 2.24) is 10.6 Å². The molecule has 0 saturated carbocycles. The van der Waals surface area contributed by atoms with Crippen LogP contribution in [0.25, 0.3) is 0 Å². The predicted molar refractivity (Wildman–Crippen MR) is 82.3 cm³/mol. The van der Waals surface area contributed by atoms with Crippen LogP contribution in [0.5, 0.6) is 11.5 Å². The van der Waals surface area contributed by atoms with Gasteiger partial charge >= 0.3 is 0 Å². The summed E-state index contributed by atoms with van der Waals surface area (Å²) in [5.41, 5.74) is 0.476. The van der Waals surface area contributed by atoms with Crippen LogP contribution in [0, 0.1) is 0 Å². The smallest absolute Gasteiger partial charge is 0.240 e. The van der Waals surface area contributed by atoms with Gasteiger partial charge in [-0.15, -0.1) is 0 Å². The van der Waals surface area contributed by atoms with E-state index in [9.17, 15) is 4.79 Å². The second kappa shape index (κ2) is 10.9. The number of hydrogen-bond acceptors (Lipinski definition) is 6. The van der Waals surface area contributed by atoms with E-state index in [1.54, 1.807) is 18.2 Å². The SMILES string of the molecule is CCNCCOc1cc(N=C=O)cc(OCCNCC)c1. The standard InChI is InChI=1S/C15H23N3O3/c1-3-16-5-7-20-14-9-13(18-12-19)10-15(11-14)21-8-6-17-4-2/h9-11,16-17H,3-8H2,1-2H3. The van der Waals surface area contributed by atoms with Crippen molar-refractivity contribution in [3.63, 3.8) is 0 Å². The Morgan fingerprint density at radius 3 is 1.95 bits per heavy atom. The number of likely N-dealkylation sites (N-methyl/N-ethyl adjacent to an activating group) is 2. The minimum absolute atomic E-state index is 0.476. The van der Waals surface area contributed by atoms with E-state index >= 15 is 0 Å². The first-order chi connectivity index (χ1) is 10.3. The predicted octanol–water partition coefficient (Wildman–Crippen LogP) is 1.63. The second-order valence-corrected chi connectivity index (χ2v) is 4.27. The summed E-state index contributed by atoms with van der Waals surface area (Å²) in [6.45, 7) is 8.47. The van der Waals surface area contributed by atoms with Crippen LogP contribution in [0.2, 0.25) is 0 Å². The average molecular weight is 293 g/mol. The van der Waals surface area contributed by atoms with Gasteiger partial charge in [-0.1, -0.05) is 13.8 Å². The molecule has 0 fully saturated rings. The third-order valence-corrected chi connectivity index (χ3v) is 2.63. The Bertz CT molecular complexity index is 429. The summed E-state index contributed by atoms with van der Waals surface area (Å²) in [6, 6.07) is 5.17. The minimum Gasteiger partial charge on any atom is -0.492 e. The molecule has 0 heterocycles. The van der Waals surface area contributed by atoms with Crippen LogP contribution in [0.15, 0.2) is 23.2 Å². The lowest BCUT2D eigenvalue weighted by Gasteiger charge is -2.11. The number of aliphatic imine (C=N–C) groups is 1. The Morgan fingerprint density at radius 1 is 1.00 bits per heavy atom. The normalized spacial score (nSPS) is 10.0. The first kappa shape index (κ1) is 17.2. The quantitative estimate of drug-likeness (QED) is 0.368. The fraction of sp³-hybridized carbons (Fsp3) is 0.533. The topological polar surface area (TPSA) is 72.0 Å². The number of nitrogens with one attached hydrogen (secondary N) is 2. The third-order valence-electron chi connectivity index (χ3n) is 2.63. The average Bonchev–Trinajstić information content (AvgIpc) is 2.48. The molecule has 0 unspecified atom stereocenters. The molecule has 0 atom stereocenters. The number of isocyanates is 1. The molecule has 0 bridgehead atoms. The summed E-state index contributed by atoms with van der Waals surface area (Å²) in [5.74, 6) is 1.26. The molecule has 2 N–H and O–H groups in total. The summed E-state index contributed by atoms with van der Waals surface area (Å²) in [4.78, 5) is 14.0. The van der Waals surface area contributed by atoms with E-state index in [0.29, 0.717) is 30.4 Å². The summed E-state index contributed by atoms with van der Waals surface area (Å²) in [6.07, 6.45) is 1.53. The van der Waals surface area contributed by atoms with Gasteiger partial charge in [0.25, 0.3) is 0 Å². The lowest BCUT2D eigenvalue weighted by Crippen LogP contribution is -2.20. The van der Waals surface area contributed by atoms with Gasteiger partial charge in [0.05, 0.1) is 5.69 Å². The highest BCUT2D eigenvalue weighted by Crippen LogP contribution is 2.27. The van der Waals surface area contributed by atoms with Crippen LogP contribution in [0.3, 0.4) is 0 Å². The van der Waals surface area contributed by atoms with Crippen LogP contribution in [-0.4, -0.2) is 45.5 Å². The molecule has 1 rings (SSSR count). The summed E-state index contributed by atoms with van der Waals surface area (Å²) >= 11 is 0. The van der Waals surface area contributed by atoms with Crippen LogP contribution >= 0.6 is 0 Å². The van der Waals surface area contributed by atoms with E-state index in [1.807, 2.05) is 13.8 Å². The third kappa shape index (κ3) is 7.46. The summed E-state index contributed by atoms with van der Waals surface area (Å²) in [7, 11) is 0. The van der Waals surface area contributed by atoms with E-state index < -0.39 is 0 Å². The van der Waals surface area contributed by atoms with E-state index in [4.69, 9.17) is 9.47 Å². The lowest BCUT2D eigenvalue weighted by atomic mass is 10.3. The van der Waals surface area contributed by atoms with Crippen molar-refractivity contribution < 1.29 is 14.3 Å². The van der Waals surface area contributed by atoms with Crippen LogP contribution in [-0.2, 0) is 4.79 Å². The van der Waals surface area contributed by atoms with Crippen molar-refractivity contribution in [1.29, 1.82) is 0 Å². The molecular formula is C15H23N3O3. The molecule has 116 valence electrons. The second-order valence-electron chi connectivity index (χ2n) is 4.27. The van der Waals surface area contributed by atoms with Gasteiger partial charge in [-0.3, -0.25) is 0 Å². The highest BCUT2D eigenvalue weighted by Gasteiger charge is 2.03. The zero-order chi connectivity index (χ0) is 15.3. The van der Waals surface area contributed by atoms with E-state index in [0.717, 1.165) is 26.2 Å². The van der Waals surface area contributed by atoms with Crippen LogP contribution in [0.1, 0.15) is 13.8 Å². The molecule has 6 nitrogen and oxygen atoms in total. The van der Waals surface area contributed by atoms with Gasteiger partial charge in [0.1, 0.15) is 24.7 Å². The van der Waals surface area contributed by atoms with Crippen molar-refractivity contribution in [2.75, 3.05) is 39.4 Å². The van der Waals surface area contributed by atoms with Crippen molar-refractivity contribution in [3.8, 4) is 11.5 Å². The highest BCUT2D eigenvalue weighted by molar-refractivity contribution is 5.55. The van der Waals surface area contributed by atoms with Crippen LogP contribution < -0.4 is 20.1 Å². The van der Waals surface area contributed by atoms with Gasteiger partial charge in [0, 0.05) is 31.3 Å². The minimum atomic E-state index is 0.476. The maximum atomic E-state index is 10.4. The molecule has 0 aromatic heterocycles. The molecule has 0 aliphatic rings. The number of rotatable bonds is 11. The molecule has 0 amide bonds. The zero-order valence-electron chi connectivity index (χ0n) is 12.6. The van der Waals surface area contributed by atoms with Crippen LogP contribution in [0.4, 0.5) is 5.69 Å². The number of ether oxygens (including phenoxy) is 2. The van der Waals surface area contributed by atoms with E-state index in [-0.39, 0.29) is 0 Å². The molecule has 0 saturated heterocycles. The van der Waals surface area contributed by atoms with E-state index in [2.05, 4.69) is 15.6 Å². The molecule has 6 heteroatoms. The van der Waals surface area contributed by atoms with Gasteiger partial charge in [0.15, 0.2) is 0 Å². The van der Waals surface area contributed by atoms with Gasteiger partial charge in [-0.05, 0) is 13.1 Å².